The van der Waals surface area contributed by atoms with Crippen LogP contribution in [0.3, 0.4) is 0 Å². The maximum atomic E-state index is 5.40. The van der Waals surface area contributed by atoms with E-state index in [2.05, 4.69) is 115 Å². The van der Waals surface area contributed by atoms with Gasteiger partial charge in [-0.25, -0.2) is 14.0 Å². The average molecular weight is 551 g/mol. The molecule has 6 nitrogen and oxygen atoms in total. The molecular weight excluding hydrogens is 492 g/mol. The summed E-state index contributed by atoms with van der Waals surface area (Å²) < 4.78 is 6.86. The van der Waals surface area contributed by atoms with E-state index in [0.29, 0.717) is 35.5 Å². The summed E-state index contributed by atoms with van der Waals surface area (Å²) in [6.07, 6.45) is 6.09. The van der Waals surface area contributed by atoms with Crippen molar-refractivity contribution in [2.24, 2.45) is 0 Å². The fourth-order valence-electron chi connectivity index (χ4n) is 5.23. The van der Waals surface area contributed by atoms with Crippen LogP contribution in [0.15, 0.2) is 18.2 Å². The molecule has 3 heterocycles. The van der Waals surface area contributed by atoms with Gasteiger partial charge in [-0.15, -0.1) is 0 Å². The van der Waals surface area contributed by atoms with Crippen LogP contribution >= 0.6 is 0 Å². The minimum absolute atomic E-state index is 0.287. The van der Waals surface area contributed by atoms with E-state index in [9.17, 15) is 0 Å². The van der Waals surface area contributed by atoms with E-state index in [4.69, 9.17) is 15.3 Å². The van der Waals surface area contributed by atoms with Crippen molar-refractivity contribution >= 4 is 0 Å². The molecule has 6 atom stereocenters. The highest BCUT2D eigenvalue weighted by molar-refractivity contribution is 5.24. The van der Waals surface area contributed by atoms with Gasteiger partial charge in [-0.2, -0.15) is 15.3 Å². The van der Waals surface area contributed by atoms with Crippen molar-refractivity contribution in [3.05, 3.63) is 52.4 Å². The van der Waals surface area contributed by atoms with Gasteiger partial charge in [0.25, 0.3) is 0 Å². The lowest BCUT2D eigenvalue weighted by atomic mass is 10.0. The lowest BCUT2D eigenvalue weighted by Gasteiger charge is -2.28. The minimum Gasteiger partial charge on any atom is -0.224 e. The number of hydrogen-bond donors (Lipinski definition) is 0. The van der Waals surface area contributed by atoms with Crippen LogP contribution < -0.4 is 0 Å². The maximum absolute atomic E-state index is 5.40. The lowest BCUT2D eigenvalue weighted by Crippen LogP contribution is -2.33. The highest BCUT2D eigenvalue weighted by atomic mass is 15.6. The molecule has 0 N–H and O–H groups in total. The quantitative estimate of drug-likeness (QED) is 0.189. The molecule has 0 aromatic carbocycles. The molecule has 3 aromatic rings. The summed E-state index contributed by atoms with van der Waals surface area (Å²) in [5.74, 6) is 2.32. The Morgan fingerprint density at radius 3 is 0.850 bits per heavy atom. The second-order valence-electron chi connectivity index (χ2n) is 12.5. The third-order valence-electron chi connectivity index (χ3n) is 9.71. The van der Waals surface area contributed by atoms with Gasteiger partial charge in [0.2, 0.25) is 6.29 Å². The molecule has 0 amide bonds. The molecule has 0 aliphatic heterocycles. The van der Waals surface area contributed by atoms with E-state index >= 15 is 0 Å². The van der Waals surface area contributed by atoms with Crippen LogP contribution in [0.4, 0.5) is 0 Å². The molecule has 0 bridgehead atoms. The summed E-state index contributed by atoms with van der Waals surface area (Å²) in [7, 11) is 0. The van der Waals surface area contributed by atoms with Crippen LogP contribution in [-0.4, -0.2) is 29.3 Å². The number of nitrogens with zero attached hydrogens (tertiary/aromatic N) is 6. The summed E-state index contributed by atoms with van der Waals surface area (Å²) in [6.45, 7) is 27.5. The van der Waals surface area contributed by atoms with Gasteiger partial charge < -0.3 is 0 Å². The number of hydrogen-bond acceptors (Lipinski definition) is 3. The summed E-state index contributed by atoms with van der Waals surface area (Å²) in [6, 6.07) is 7.08. The van der Waals surface area contributed by atoms with E-state index in [1.54, 1.807) is 0 Å². The Morgan fingerprint density at radius 2 is 0.650 bits per heavy atom. The van der Waals surface area contributed by atoms with Crippen LogP contribution in [0.25, 0.3) is 0 Å². The molecule has 40 heavy (non-hydrogen) atoms. The van der Waals surface area contributed by atoms with Crippen LogP contribution in [-0.2, 0) is 0 Å². The van der Waals surface area contributed by atoms with Crippen molar-refractivity contribution < 1.29 is 0 Å². The Bertz CT molecular complexity index is 1050. The molecule has 6 heteroatoms. The number of aromatic nitrogens is 6. The Morgan fingerprint density at radius 1 is 0.425 bits per heavy atom. The third kappa shape index (κ3) is 6.41. The topological polar surface area (TPSA) is 53.5 Å². The zero-order valence-corrected chi connectivity index (χ0v) is 27.7. The fourth-order valence-corrected chi connectivity index (χ4v) is 5.23. The van der Waals surface area contributed by atoms with Gasteiger partial charge in [0.15, 0.2) is 0 Å². The molecule has 3 aromatic heterocycles. The van der Waals surface area contributed by atoms with Gasteiger partial charge >= 0.3 is 0 Å². The van der Waals surface area contributed by atoms with Gasteiger partial charge in [0, 0.05) is 17.1 Å². The third-order valence-corrected chi connectivity index (χ3v) is 9.71. The summed E-state index contributed by atoms with van der Waals surface area (Å²) in [5, 5.41) is 16.2. The van der Waals surface area contributed by atoms with Crippen molar-refractivity contribution in [1.29, 1.82) is 0 Å². The Hall–Kier alpha value is -2.37. The molecule has 224 valence electrons. The highest BCUT2D eigenvalue weighted by Gasteiger charge is 2.32. The molecule has 0 saturated heterocycles. The molecule has 0 fully saturated rings. The zero-order chi connectivity index (χ0) is 29.7. The van der Waals surface area contributed by atoms with E-state index in [-0.39, 0.29) is 6.29 Å². The average Bonchev–Trinajstić information content (AvgIpc) is 3.73. The maximum Gasteiger partial charge on any atom is 0.238 e. The van der Waals surface area contributed by atoms with Gasteiger partial charge in [-0.05, 0) is 92.2 Å². The first-order valence-corrected chi connectivity index (χ1v) is 16.3. The van der Waals surface area contributed by atoms with E-state index in [1.807, 2.05) is 0 Å². The Balaban J connectivity index is 2.46. The largest absolute Gasteiger partial charge is 0.238 e. The molecule has 0 aliphatic carbocycles. The predicted octanol–water partition coefficient (Wildman–Crippen LogP) is 9.91. The van der Waals surface area contributed by atoms with Crippen LogP contribution in [0.5, 0.6) is 0 Å². The van der Waals surface area contributed by atoms with Gasteiger partial charge in [0.1, 0.15) is 0 Å². The summed E-state index contributed by atoms with van der Waals surface area (Å²) in [5.41, 5.74) is 7.32. The van der Waals surface area contributed by atoms with Crippen molar-refractivity contribution in [3.63, 3.8) is 0 Å². The van der Waals surface area contributed by atoms with Gasteiger partial charge in [-0.1, -0.05) is 83.1 Å². The SMILES string of the molecule is CCC(C)c1cc(C(C)CC)n(C(n2nc(C(C)CC)cc2C(C)CC)n2nc(C(C)CC)cc2C(C)CC)n1. The smallest absolute Gasteiger partial charge is 0.224 e. The Labute approximate surface area is 244 Å². The van der Waals surface area contributed by atoms with Gasteiger partial charge in [0.05, 0.1) is 17.1 Å². The Kier molecular flexibility index (Phi) is 11.3. The van der Waals surface area contributed by atoms with Crippen LogP contribution in [0.2, 0.25) is 0 Å². The molecular formula is C34H58N6. The first-order chi connectivity index (χ1) is 19.1. The van der Waals surface area contributed by atoms with Crippen LogP contribution in [0.1, 0.15) is 198 Å². The molecule has 0 radical (unpaired) electrons. The van der Waals surface area contributed by atoms with Crippen molar-refractivity contribution in [2.45, 2.75) is 163 Å². The summed E-state index contributed by atoms with van der Waals surface area (Å²) in [4.78, 5) is 0. The summed E-state index contributed by atoms with van der Waals surface area (Å²) >= 11 is 0. The molecule has 0 saturated carbocycles. The normalized spacial score (nSPS) is 17.4. The highest BCUT2D eigenvalue weighted by Crippen LogP contribution is 2.35. The fraction of sp³-hybridized carbons (Fsp3) is 0.735. The number of rotatable bonds is 15. The first kappa shape index (κ1) is 32.1. The minimum atomic E-state index is -0.287. The van der Waals surface area contributed by atoms with Crippen molar-refractivity contribution in [2.75, 3.05) is 0 Å². The second kappa shape index (κ2) is 14.0. The molecule has 0 spiro atoms. The van der Waals surface area contributed by atoms with Crippen LogP contribution in [0, 0.1) is 0 Å². The van der Waals surface area contributed by atoms with Crippen molar-refractivity contribution in [1.82, 2.24) is 29.3 Å². The standard InChI is InChI=1S/C34H58N6/c1-13-22(7)28-19-31(25(10)16-4)38(35-28)34(39-32(26(11)17-5)20-29(36-39)23(8)14-2)40-33(27(12)18-6)21-30(37-40)24(9)15-3/h19-27,34H,13-18H2,1-12H3. The molecule has 0 aliphatic rings. The monoisotopic (exact) mass is 550 g/mol. The lowest BCUT2D eigenvalue weighted by molar-refractivity contribution is 0.250. The van der Waals surface area contributed by atoms with Crippen molar-refractivity contribution in [3.8, 4) is 0 Å². The zero-order valence-electron chi connectivity index (χ0n) is 27.7. The van der Waals surface area contributed by atoms with E-state index in [1.165, 1.54) is 34.2 Å². The molecule has 3 rings (SSSR count). The first-order valence-electron chi connectivity index (χ1n) is 16.3. The molecule has 6 unspecified atom stereocenters. The predicted molar refractivity (Wildman–Crippen MR) is 169 cm³/mol. The van der Waals surface area contributed by atoms with E-state index in [0.717, 1.165) is 38.5 Å². The van der Waals surface area contributed by atoms with Gasteiger partial charge in [-0.3, -0.25) is 0 Å². The second-order valence-corrected chi connectivity index (χ2v) is 12.5. The van der Waals surface area contributed by atoms with E-state index < -0.39 is 0 Å².